The number of nitrogens with zero attached hydrogens (tertiary/aromatic N) is 2. The summed E-state index contributed by atoms with van der Waals surface area (Å²) >= 11 is 4.70. The van der Waals surface area contributed by atoms with Crippen LogP contribution in [0.3, 0.4) is 0 Å². The molecule has 0 aliphatic carbocycles. The summed E-state index contributed by atoms with van der Waals surface area (Å²) < 4.78 is 1.66. The average Bonchev–Trinajstić information content (AvgIpc) is 2.47. The maximum Gasteiger partial charge on any atom is 0.254 e. The summed E-state index contributed by atoms with van der Waals surface area (Å²) in [5.74, 6) is -0.142. The standard InChI is InChI=1S/C9H14N4OS/c1-6-7(5-12-13(6)2)9(14)11-4-3-8(10)15/h5H,3-4H2,1-2H3,(H2,10,15)(H,11,14). The van der Waals surface area contributed by atoms with Crippen molar-refractivity contribution >= 4 is 23.1 Å². The molecule has 82 valence electrons. The maximum atomic E-state index is 11.6. The van der Waals surface area contributed by atoms with Gasteiger partial charge >= 0.3 is 0 Å². The molecule has 0 saturated carbocycles. The lowest BCUT2D eigenvalue weighted by Crippen LogP contribution is -2.27. The Morgan fingerprint density at radius 1 is 1.73 bits per heavy atom. The normalized spacial score (nSPS) is 10.0. The monoisotopic (exact) mass is 226 g/mol. The van der Waals surface area contributed by atoms with E-state index in [-0.39, 0.29) is 5.91 Å². The van der Waals surface area contributed by atoms with Crippen molar-refractivity contribution in [3.8, 4) is 0 Å². The summed E-state index contributed by atoms with van der Waals surface area (Å²) in [7, 11) is 1.79. The molecule has 0 aliphatic rings. The average molecular weight is 226 g/mol. The van der Waals surface area contributed by atoms with E-state index in [9.17, 15) is 4.79 Å². The molecule has 0 fully saturated rings. The van der Waals surface area contributed by atoms with Gasteiger partial charge < -0.3 is 11.1 Å². The zero-order valence-corrected chi connectivity index (χ0v) is 9.60. The Hall–Kier alpha value is -1.43. The number of nitrogens with two attached hydrogens (primary N) is 1. The third kappa shape index (κ3) is 3.02. The van der Waals surface area contributed by atoms with E-state index in [1.807, 2.05) is 6.92 Å². The predicted molar refractivity (Wildman–Crippen MR) is 61.7 cm³/mol. The SMILES string of the molecule is Cc1c(C(=O)NCCC(N)=S)cnn1C. The largest absolute Gasteiger partial charge is 0.393 e. The second-order valence-corrected chi connectivity index (χ2v) is 3.76. The van der Waals surface area contributed by atoms with Gasteiger partial charge in [-0.25, -0.2) is 0 Å². The lowest BCUT2D eigenvalue weighted by molar-refractivity contribution is 0.0954. The van der Waals surface area contributed by atoms with Gasteiger partial charge in [-0.1, -0.05) is 12.2 Å². The van der Waals surface area contributed by atoms with Crippen LogP contribution in [0.25, 0.3) is 0 Å². The molecule has 1 aromatic heterocycles. The number of aromatic nitrogens is 2. The molecule has 0 atom stereocenters. The number of carbonyl (C=O) groups is 1. The van der Waals surface area contributed by atoms with Gasteiger partial charge in [0.2, 0.25) is 0 Å². The van der Waals surface area contributed by atoms with E-state index in [2.05, 4.69) is 10.4 Å². The van der Waals surface area contributed by atoms with E-state index in [0.29, 0.717) is 23.5 Å². The molecule has 3 N–H and O–H groups in total. The third-order valence-corrected chi connectivity index (χ3v) is 2.34. The summed E-state index contributed by atoms with van der Waals surface area (Å²) in [6, 6.07) is 0. The molecule has 0 aromatic carbocycles. The number of hydrogen-bond donors (Lipinski definition) is 2. The van der Waals surface area contributed by atoms with Crippen LogP contribution in [-0.2, 0) is 7.05 Å². The minimum atomic E-state index is -0.142. The third-order valence-electron chi connectivity index (χ3n) is 2.14. The Morgan fingerprint density at radius 2 is 2.40 bits per heavy atom. The first-order valence-electron chi connectivity index (χ1n) is 4.57. The first-order valence-corrected chi connectivity index (χ1v) is 4.98. The summed E-state index contributed by atoms with van der Waals surface area (Å²) in [4.78, 5) is 12.0. The minimum absolute atomic E-state index is 0.142. The van der Waals surface area contributed by atoms with E-state index in [1.54, 1.807) is 17.9 Å². The minimum Gasteiger partial charge on any atom is -0.393 e. The smallest absolute Gasteiger partial charge is 0.254 e. The van der Waals surface area contributed by atoms with Gasteiger partial charge in [-0.2, -0.15) is 5.10 Å². The van der Waals surface area contributed by atoms with Gasteiger partial charge in [0.15, 0.2) is 0 Å². The van der Waals surface area contributed by atoms with E-state index >= 15 is 0 Å². The van der Waals surface area contributed by atoms with Gasteiger partial charge in [-0.3, -0.25) is 9.48 Å². The van der Waals surface area contributed by atoms with Crippen molar-refractivity contribution in [3.63, 3.8) is 0 Å². The van der Waals surface area contributed by atoms with Gasteiger partial charge in [-0.15, -0.1) is 0 Å². The highest BCUT2D eigenvalue weighted by Gasteiger charge is 2.11. The number of amides is 1. The number of hydrogen-bond acceptors (Lipinski definition) is 3. The van der Waals surface area contributed by atoms with E-state index in [0.717, 1.165) is 5.69 Å². The van der Waals surface area contributed by atoms with Crippen molar-refractivity contribution in [2.75, 3.05) is 6.54 Å². The predicted octanol–water partition coefficient (Wildman–Crippen LogP) is 0.135. The first kappa shape index (κ1) is 11.6. The Bertz CT molecular complexity index is 385. The fourth-order valence-electron chi connectivity index (χ4n) is 1.12. The zero-order chi connectivity index (χ0) is 11.4. The molecule has 1 heterocycles. The second kappa shape index (κ2) is 4.88. The molecule has 0 radical (unpaired) electrons. The summed E-state index contributed by atoms with van der Waals surface area (Å²) in [6.07, 6.45) is 2.06. The van der Waals surface area contributed by atoms with Crippen LogP contribution in [0, 0.1) is 6.92 Å². The van der Waals surface area contributed by atoms with Crippen LogP contribution in [0.4, 0.5) is 0 Å². The van der Waals surface area contributed by atoms with Crippen molar-refractivity contribution in [1.82, 2.24) is 15.1 Å². The van der Waals surface area contributed by atoms with Crippen LogP contribution in [0.15, 0.2) is 6.20 Å². The molecule has 0 saturated heterocycles. The number of nitrogens with one attached hydrogen (secondary N) is 1. The van der Waals surface area contributed by atoms with Gasteiger partial charge in [0, 0.05) is 25.7 Å². The van der Waals surface area contributed by atoms with Crippen molar-refractivity contribution in [1.29, 1.82) is 0 Å². The molecule has 5 nitrogen and oxygen atoms in total. The van der Waals surface area contributed by atoms with Crippen molar-refractivity contribution < 1.29 is 4.79 Å². The van der Waals surface area contributed by atoms with Crippen LogP contribution in [0.2, 0.25) is 0 Å². The maximum absolute atomic E-state index is 11.6. The highest BCUT2D eigenvalue weighted by Crippen LogP contribution is 2.04. The molecule has 0 unspecified atom stereocenters. The number of thiocarbonyl (C=S) groups is 1. The highest BCUT2D eigenvalue weighted by molar-refractivity contribution is 7.80. The van der Waals surface area contributed by atoms with Crippen LogP contribution >= 0.6 is 12.2 Å². The number of rotatable bonds is 4. The van der Waals surface area contributed by atoms with Crippen LogP contribution in [0.1, 0.15) is 22.5 Å². The zero-order valence-electron chi connectivity index (χ0n) is 8.78. The topological polar surface area (TPSA) is 72.9 Å². The van der Waals surface area contributed by atoms with Crippen molar-refractivity contribution in [2.45, 2.75) is 13.3 Å². The number of aryl methyl sites for hydroxylation is 1. The Labute approximate surface area is 93.6 Å². The molecule has 6 heteroatoms. The second-order valence-electron chi connectivity index (χ2n) is 3.24. The number of carbonyl (C=O) groups excluding carboxylic acids is 1. The molecule has 0 bridgehead atoms. The van der Waals surface area contributed by atoms with Gasteiger partial charge in [0.05, 0.1) is 16.7 Å². The summed E-state index contributed by atoms with van der Waals surface area (Å²) in [5, 5.41) is 6.71. The lowest BCUT2D eigenvalue weighted by atomic mass is 10.2. The fraction of sp³-hybridized carbons (Fsp3) is 0.444. The molecule has 0 spiro atoms. The molecular weight excluding hydrogens is 212 g/mol. The van der Waals surface area contributed by atoms with Crippen molar-refractivity contribution in [2.24, 2.45) is 12.8 Å². The summed E-state index contributed by atoms with van der Waals surface area (Å²) in [6.45, 7) is 2.30. The van der Waals surface area contributed by atoms with E-state index in [1.165, 1.54) is 0 Å². The summed E-state index contributed by atoms with van der Waals surface area (Å²) in [5.41, 5.74) is 6.73. The Balaban J connectivity index is 2.54. The molecule has 0 aliphatic heterocycles. The van der Waals surface area contributed by atoms with Crippen LogP contribution in [0.5, 0.6) is 0 Å². The Kier molecular flexibility index (Phi) is 3.79. The molecule has 1 amide bonds. The molecule has 1 aromatic rings. The van der Waals surface area contributed by atoms with Gasteiger partial charge in [0.25, 0.3) is 5.91 Å². The van der Waals surface area contributed by atoms with Crippen LogP contribution in [-0.4, -0.2) is 27.2 Å². The van der Waals surface area contributed by atoms with Crippen LogP contribution < -0.4 is 11.1 Å². The molecular formula is C9H14N4OS. The van der Waals surface area contributed by atoms with Crippen molar-refractivity contribution in [3.05, 3.63) is 17.5 Å². The van der Waals surface area contributed by atoms with E-state index < -0.39 is 0 Å². The quantitative estimate of drug-likeness (QED) is 0.716. The first-order chi connectivity index (χ1) is 7.02. The van der Waals surface area contributed by atoms with Gasteiger partial charge in [0.1, 0.15) is 0 Å². The Morgan fingerprint density at radius 3 is 2.87 bits per heavy atom. The molecule has 15 heavy (non-hydrogen) atoms. The van der Waals surface area contributed by atoms with Gasteiger partial charge in [-0.05, 0) is 6.92 Å². The fourth-order valence-corrected chi connectivity index (χ4v) is 1.22. The highest BCUT2D eigenvalue weighted by atomic mass is 32.1. The van der Waals surface area contributed by atoms with E-state index in [4.69, 9.17) is 18.0 Å². The molecule has 1 rings (SSSR count). The lowest BCUT2D eigenvalue weighted by Gasteiger charge is -2.03.